The zero-order valence-electron chi connectivity index (χ0n) is 7.97. The van der Waals surface area contributed by atoms with Gasteiger partial charge in [0, 0.05) is 11.4 Å². The molecule has 0 saturated carbocycles. The molecule has 0 aliphatic rings. The van der Waals surface area contributed by atoms with Crippen LogP contribution in [0.1, 0.15) is 31.7 Å². The minimum atomic E-state index is 0.490. The van der Waals surface area contributed by atoms with Crippen molar-refractivity contribution in [3.05, 3.63) is 34.9 Å². The average molecular weight is 193 g/mol. The van der Waals surface area contributed by atoms with Crippen molar-refractivity contribution in [1.82, 2.24) is 0 Å². The minimum absolute atomic E-state index is 0.490. The quantitative estimate of drug-likeness (QED) is 0.625. The van der Waals surface area contributed by atoms with E-state index in [0.717, 1.165) is 11.4 Å². The number of hydrogen-bond acceptors (Lipinski definition) is 0. The van der Waals surface area contributed by atoms with Crippen LogP contribution >= 0.6 is 11.6 Å². The summed E-state index contributed by atoms with van der Waals surface area (Å²) in [6, 6.07) is 7.97. The fraction of sp³-hybridized carbons (Fsp3) is 0.333. The Kier molecular flexibility index (Phi) is 3.86. The van der Waals surface area contributed by atoms with E-state index in [2.05, 4.69) is 30.9 Å². The van der Waals surface area contributed by atoms with Crippen LogP contribution in [0.4, 0.5) is 0 Å². The molecule has 13 heavy (non-hydrogen) atoms. The van der Waals surface area contributed by atoms with E-state index < -0.39 is 0 Å². The molecule has 0 heterocycles. The second kappa shape index (κ2) is 4.94. The summed E-state index contributed by atoms with van der Waals surface area (Å²) in [6.07, 6.45) is 0.915. The van der Waals surface area contributed by atoms with Crippen LogP contribution in [0.3, 0.4) is 0 Å². The van der Waals surface area contributed by atoms with Crippen molar-refractivity contribution in [2.75, 3.05) is 0 Å². The predicted octanol–water partition coefficient (Wildman–Crippen LogP) is 3.86. The molecule has 1 unspecified atom stereocenters. The third-order valence-corrected chi connectivity index (χ3v) is 2.28. The molecule has 0 saturated heterocycles. The van der Waals surface area contributed by atoms with Crippen LogP contribution in [0.2, 0.25) is 5.02 Å². The Labute approximate surface area is 84.9 Å². The lowest BCUT2D eigenvalue weighted by atomic mass is 9.98. The van der Waals surface area contributed by atoms with E-state index in [1.807, 2.05) is 19.1 Å². The van der Waals surface area contributed by atoms with E-state index in [0.29, 0.717) is 5.92 Å². The summed E-state index contributed by atoms with van der Waals surface area (Å²) in [6.45, 7) is 4.04. The Balaban J connectivity index is 2.69. The highest BCUT2D eigenvalue weighted by atomic mass is 35.5. The predicted molar refractivity (Wildman–Crippen MR) is 57.9 cm³/mol. The van der Waals surface area contributed by atoms with Crippen molar-refractivity contribution < 1.29 is 0 Å². The third-order valence-electron chi connectivity index (χ3n) is 2.02. The van der Waals surface area contributed by atoms with Gasteiger partial charge in [-0.3, -0.25) is 0 Å². The summed E-state index contributed by atoms with van der Waals surface area (Å²) < 4.78 is 0. The molecule has 0 amide bonds. The van der Waals surface area contributed by atoms with Gasteiger partial charge < -0.3 is 0 Å². The highest BCUT2D eigenvalue weighted by molar-refractivity contribution is 6.30. The number of hydrogen-bond donors (Lipinski definition) is 0. The lowest BCUT2D eigenvalue weighted by molar-refractivity contribution is 0.796. The van der Waals surface area contributed by atoms with Crippen molar-refractivity contribution in [2.24, 2.45) is 0 Å². The number of halogens is 1. The second-order valence-corrected chi connectivity index (χ2v) is 3.52. The van der Waals surface area contributed by atoms with Gasteiger partial charge in [-0.25, -0.2) is 0 Å². The van der Waals surface area contributed by atoms with Crippen molar-refractivity contribution in [2.45, 2.75) is 26.2 Å². The van der Waals surface area contributed by atoms with Gasteiger partial charge in [-0.1, -0.05) is 30.7 Å². The van der Waals surface area contributed by atoms with Crippen LogP contribution in [0.15, 0.2) is 24.3 Å². The largest absolute Gasteiger partial charge is 0.107 e. The van der Waals surface area contributed by atoms with Gasteiger partial charge in [-0.05, 0) is 30.5 Å². The molecule has 0 spiro atoms. The second-order valence-electron chi connectivity index (χ2n) is 3.08. The normalized spacial score (nSPS) is 11.6. The zero-order valence-corrected chi connectivity index (χ0v) is 8.73. The summed E-state index contributed by atoms with van der Waals surface area (Å²) in [5.41, 5.74) is 1.30. The third kappa shape index (κ3) is 3.13. The minimum Gasteiger partial charge on any atom is -0.107 e. The first kappa shape index (κ1) is 10.2. The molecule has 68 valence electrons. The molecular weight excluding hydrogens is 180 g/mol. The van der Waals surface area contributed by atoms with E-state index in [4.69, 9.17) is 11.6 Å². The van der Waals surface area contributed by atoms with Crippen LogP contribution in [0.25, 0.3) is 0 Å². The molecule has 0 nitrogen and oxygen atoms in total. The van der Waals surface area contributed by atoms with E-state index in [1.54, 1.807) is 0 Å². The Morgan fingerprint density at radius 3 is 2.46 bits per heavy atom. The van der Waals surface area contributed by atoms with E-state index >= 15 is 0 Å². The molecule has 0 aliphatic carbocycles. The van der Waals surface area contributed by atoms with Crippen LogP contribution in [-0.4, -0.2) is 0 Å². The molecule has 1 aromatic rings. The number of benzene rings is 1. The van der Waals surface area contributed by atoms with E-state index in [9.17, 15) is 0 Å². The van der Waals surface area contributed by atoms with Crippen molar-refractivity contribution in [3.63, 3.8) is 0 Å². The molecule has 0 radical (unpaired) electrons. The Morgan fingerprint density at radius 1 is 1.31 bits per heavy atom. The highest BCUT2D eigenvalue weighted by Crippen LogP contribution is 2.20. The molecule has 1 aromatic carbocycles. The standard InChI is InChI=1S/C12H13Cl/c1-3-4-5-10(2)11-6-8-12(13)9-7-11/h6-10H,5H2,1-2H3. The highest BCUT2D eigenvalue weighted by Gasteiger charge is 2.02. The molecule has 0 aromatic heterocycles. The molecule has 0 aliphatic heterocycles. The summed E-state index contributed by atoms with van der Waals surface area (Å²) >= 11 is 5.79. The van der Waals surface area contributed by atoms with Crippen molar-refractivity contribution in [3.8, 4) is 11.8 Å². The Morgan fingerprint density at radius 2 is 1.92 bits per heavy atom. The average Bonchev–Trinajstić information content (AvgIpc) is 2.15. The zero-order chi connectivity index (χ0) is 9.68. The van der Waals surface area contributed by atoms with Crippen molar-refractivity contribution in [1.29, 1.82) is 0 Å². The molecule has 1 heteroatoms. The van der Waals surface area contributed by atoms with Gasteiger partial charge in [-0.15, -0.1) is 11.8 Å². The van der Waals surface area contributed by atoms with Crippen LogP contribution in [0, 0.1) is 11.8 Å². The maximum absolute atomic E-state index is 5.79. The molecule has 0 bridgehead atoms. The maximum atomic E-state index is 5.79. The summed E-state index contributed by atoms with van der Waals surface area (Å²) in [4.78, 5) is 0. The summed E-state index contributed by atoms with van der Waals surface area (Å²) in [7, 11) is 0. The summed E-state index contributed by atoms with van der Waals surface area (Å²) in [5, 5.41) is 0.789. The molecule has 0 N–H and O–H groups in total. The van der Waals surface area contributed by atoms with E-state index in [1.165, 1.54) is 5.56 Å². The fourth-order valence-electron chi connectivity index (χ4n) is 1.16. The van der Waals surface area contributed by atoms with Gasteiger partial charge >= 0.3 is 0 Å². The molecule has 1 rings (SSSR count). The van der Waals surface area contributed by atoms with Gasteiger partial charge in [0.2, 0.25) is 0 Å². The lowest BCUT2D eigenvalue weighted by Gasteiger charge is -2.07. The van der Waals surface area contributed by atoms with Crippen LogP contribution in [-0.2, 0) is 0 Å². The Hall–Kier alpha value is -0.930. The maximum Gasteiger partial charge on any atom is 0.0406 e. The molecule has 1 atom stereocenters. The fourth-order valence-corrected chi connectivity index (χ4v) is 1.29. The first-order chi connectivity index (χ1) is 6.24. The van der Waals surface area contributed by atoms with Gasteiger partial charge in [0.25, 0.3) is 0 Å². The van der Waals surface area contributed by atoms with Crippen LogP contribution in [0.5, 0.6) is 0 Å². The van der Waals surface area contributed by atoms with Gasteiger partial charge in [-0.2, -0.15) is 0 Å². The molecule has 0 fully saturated rings. The smallest absolute Gasteiger partial charge is 0.0406 e. The van der Waals surface area contributed by atoms with Crippen molar-refractivity contribution >= 4 is 11.6 Å². The monoisotopic (exact) mass is 192 g/mol. The first-order valence-electron chi connectivity index (χ1n) is 4.39. The lowest BCUT2D eigenvalue weighted by Crippen LogP contribution is -1.90. The Bertz CT molecular complexity index is 313. The summed E-state index contributed by atoms with van der Waals surface area (Å²) in [5.74, 6) is 6.47. The van der Waals surface area contributed by atoms with Gasteiger partial charge in [0.15, 0.2) is 0 Å². The topological polar surface area (TPSA) is 0 Å². The SMILES string of the molecule is CC#CCC(C)c1ccc(Cl)cc1. The number of rotatable bonds is 2. The molecular formula is C12H13Cl. The van der Waals surface area contributed by atoms with E-state index in [-0.39, 0.29) is 0 Å². The first-order valence-corrected chi connectivity index (χ1v) is 4.77. The van der Waals surface area contributed by atoms with Gasteiger partial charge in [0.05, 0.1) is 0 Å². The van der Waals surface area contributed by atoms with Crippen LogP contribution < -0.4 is 0 Å². The van der Waals surface area contributed by atoms with Gasteiger partial charge in [0.1, 0.15) is 0 Å².